The van der Waals surface area contributed by atoms with Crippen LogP contribution in [0.3, 0.4) is 0 Å². The first kappa shape index (κ1) is 17.2. The highest BCUT2D eigenvalue weighted by molar-refractivity contribution is 5.89. The third-order valence-corrected chi connectivity index (χ3v) is 3.59. The summed E-state index contributed by atoms with van der Waals surface area (Å²) in [4.78, 5) is 23.7. The normalized spacial score (nSPS) is 14.3. The Morgan fingerprint density at radius 3 is 2.14 bits per heavy atom. The molecule has 0 aliphatic carbocycles. The fraction of sp³-hybridized carbons (Fsp3) is 0.529. The van der Waals surface area contributed by atoms with Crippen molar-refractivity contribution in [2.45, 2.75) is 46.0 Å². The van der Waals surface area contributed by atoms with Crippen molar-refractivity contribution in [3.05, 3.63) is 35.9 Å². The van der Waals surface area contributed by atoms with Gasteiger partial charge in [0.1, 0.15) is 0 Å². The predicted octanol–water partition coefficient (Wildman–Crippen LogP) is 2.97. The van der Waals surface area contributed by atoms with Gasteiger partial charge < -0.3 is 10.4 Å². The number of carboxylic acid groups (broad SMARTS) is 1. The number of aliphatic carboxylic acids is 1. The Balaban J connectivity index is 2.72. The van der Waals surface area contributed by atoms with E-state index in [4.69, 9.17) is 0 Å². The maximum atomic E-state index is 12.0. The van der Waals surface area contributed by atoms with Crippen molar-refractivity contribution >= 4 is 11.9 Å². The lowest BCUT2D eigenvalue weighted by Gasteiger charge is -2.25. The van der Waals surface area contributed by atoms with Crippen LogP contribution in [0.1, 0.15) is 46.1 Å². The van der Waals surface area contributed by atoms with Gasteiger partial charge in [-0.3, -0.25) is 9.59 Å². The van der Waals surface area contributed by atoms with Gasteiger partial charge in [-0.25, -0.2) is 0 Å². The van der Waals surface area contributed by atoms with Crippen LogP contribution in [0.25, 0.3) is 0 Å². The summed E-state index contributed by atoms with van der Waals surface area (Å²) in [5.41, 5.74) is -0.418. The summed E-state index contributed by atoms with van der Waals surface area (Å²) in [6.45, 7) is 8.46. The molecule has 1 atom stereocenters. The molecule has 0 saturated heterocycles. The zero-order valence-electron chi connectivity index (χ0n) is 13.3. The van der Waals surface area contributed by atoms with Crippen molar-refractivity contribution in [1.82, 2.24) is 5.32 Å². The molecule has 1 rings (SSSR count). The monoisotopic (exact) mass is 291 g/mol. The molecule has 0 aromatic heterocycles. The van der Waals surface area contributed by atoms with E-state index in [0.29, 0.717) is 12.1 Å². The Bertz CT molecular complexity index is 491. The Hall–Kier alpha value is -1.84. The zero-order valence-corrected chi connectivity index (χ0v) is 13.3. The van der Waals surface area contributed by atoms with E-state index >= 15 is 0 Å². The predicted molar refractivity (Wildman–Crippen MR) is 83.1 cm³/mol. The Morgan fingerprint density at radius 1 is 1.10 bits per heavy atom. The molecule has 0 aliphatic rings. The second-order valence-electron chi connectivity index (χ2n) is 6.84. The number of amides is 1. The van der Waals surface area contributed by atoms with E-state index in [1.807, 2.05) is 6.07 Å². The molecular weight excluding hydrogens is 266 g/mol. The number of carboxylic acids is 1. The van der Waals surface area contributed by atoms with E-state index in [1.165, 1.54) is 0 Å². The minimum absolute atomic E-state index is 0.0590. The molecule has 0 heterocycles. The fourth-order valence-electron chi connectivity index (χ4n) is 2.07. The highest BCUT2D eigenvalue weighted by Crippen LogP contribution is 2.28. The van der Waals surface area contributed by atoms with Gasteiger partial charge in [-0.15, -0.1) is 0 Å². The van der Waals surface area contributed by atoms with Crippen molar-refractivity contribution in [2.24, 2.45) is 5.41 Å². The number of hydrogen-bond acceptors (Lipinski definition) is 2. The second-order valence-corrected chi connectivity index (χ2v) is 6.84. The number of hydrogen-bond donors (Lipinski definition) is 2. The summed E-state index contributed by atoms with van der Waals surface area (Å²) in [5, 5.41) is 12.3. The summed E-state index contributed by atoms with van der Waals surface area (Å²) < 4.78 is 0. The molecular formula is C17H25NO3. The molecule has 1 aromatic carbocycles. The van der Waals surface area contributed by atoms with Crippen LogP contribution in [-0.2, 0) is 15.0 Å². The first-order chi connectivity index (χ1) is 9.65. The number of carbonyl (C=O) groups excluding carboxylic acids is 1. The third-order valence-electron chi connectivity index (χ3n) is 3.59. The Labute approximate surface area is 126 Å². The lowest BCUT2D eigenvalue weighted by molar-refractivity contribution is -0.145. The van der Waals surface area contributed by atoms with Crippen molar-refractivity contribution in [3.8, 4) is 0 Å². The van der Waals surface area contributed by atoms with E-state index < -0.39 is 11.4 Å². The van der Waals surface area contributed by atoms with Gasteiger partial charge in [-0.1, -0.05) is 51.1 Å². The average Bonchev–Trinajstić information content (AvgIpc) is 2.37. The first-order valence-corrected chi connectivity index (χ1v) is 7.21. The Morgan fingerprint density at radius 2 is 1.67 bits per heavy atom. The minimum Gasteiger partial charge on any atom is -0.481 e. The van der Waals surface area contributed by atoms with E-state index in [-0.39, 0.29) is 17.7 Å². The van der Waals surface area contributed by atoms with Crippen LogP contribution in [0.15, 0.2) is 30.3 Å². The van der Waals surface area contributed by atoms with Gasteiger partial charge in [0.05, 0.1) is 5.41 Å². The van der Waals surface area contributed by atoms with E-state index in [9.17, 15) is 14.7 Å². The minimum atomic E-state index is -1.20. The van der Waals surface area contributed by atoms with Crippen LogP contribution < -0.4 is 5.32 Å². The van der Waals surface area contributed by atoms with Crippen LogP contribution in [0.5, 0.6) is 0 Å². The topological polar surface area (TPSA) is 66.4 Å². The standard InChI is InChI=1S/C17H25NO3/c1-16(2,3)10-11-18-14(19)12-17(4,15(20)21)13-8-6-5-7-9-13/h5-9H,10-12H2,1-4H3,(H,18,19)(H,20,21). The number of rotatable bonds is 6. The molecule has 116 valence electrons. The SMILES string of the molecule is CC(C)(C)CCNC(=O)CC(C)(C(=O)O)c1ccccc1. The van der Waals surface area contributed by atoms with Gasteiger partial charge in [0.2, 0.25) is 5.91 Å². The first-order valence-electron chi connectivity index (χ1n) is 7.21. The van der Waals surface area contributed by atoms with E-state index in [0.717, 1.165) is 6.42 Å². The van der Waals surface area contributed by atoms with Crippen molar-refractivity contribution in [2.75, 3.05) is 6.54 Å². The quantitative estimate of drug-likeness (QED) is 0.846. The molecule has 1 unspecified atom stereocenters. The molecule has 4 heteroatoms. The molecule has 0 spiro atoms. The molecule has 2 N–H and O–H groups in total. The van der Waals surface area contributed by atoms with Gasteiger partial charge >= 0.3 is 5.97 Å². The number of nitrogens with one attached hydrogen (secondary N) is 1. The smallest absolute Gasteiger partial charge is 0.314 e. The van der Waals surface area contributed by atoms with Gasteiger partial charge in [-0.2, -0.15) is 0 Å². The molecule has 4 nitrogen and oxygen atoms in total. The van der Waals surface area contributed by atoms with Crippen LogP contribution in [0, 0.1) is 5.41 Å². The number of benzene rings is 1. The Kier molecular flexibility index (Phi) is 5.53. The molecule has 0 fully saturated rings. The molecule has 0 radical (unpaired) electrons. The number of carbonyl (C=O) groups is 2. The largest absolute Gasteiger partial charge is 0.481 e. The summed E-state index contributed by atoms with van der Waals surface area (Å²) in [7, 11) is 0. The lowest BCUT2D eigenvalue weighted by atomic mass is 9.79. The molecule has 1 amide bonds. The van der Waals surface area contributed by atoms with E-state index in [2.05, 4.69) is 26.1 Å². The highest BCUT2D eigenvalue weighted by atomic mass is 16.4. The average molecular weight is 291 g/mol. The van der Waals surface area contributed by atoms with Crippen LogP contribution >= 0.6 is 0 Å². The van der Waals surface area contributed by atoms with Crippen LogP contribution in [-0.4, -0.2) is 23.5 Å². The van der Waals surface area contributed by atoms with Crippen LogP contribution in [0.4, 0.5) is 0 Å². The molecule has 0 saturated carbocycles. The summed E-state index contributed by atoms with van der Waals surface area (Å²) in [6.07, 6.45) is 0.796. The highest BCUT2D eigenvalue weighted by Gasteiger charge is 2.37. The lowest BCUT2D eigenvalue weighted by Crippen LogP contribution is -2.39. The molecule has 0 bridgehead atoms. The van der Waals surface area contributed by atoms with Crippen molar-refractivity contribution in [1.29, 1.82) is 0 Å². The maximum absolute atomic E-state index is 12.0. The summed E-state index contributed by atoms with van der Waals surface area (Å²) >= 11 is 0. The van der Waals surface area contributed by atoms with Crippen molar-refractivity contribution < 1.29 is 14.7 Å². The van der Waals surface area contributed by atoms with Gasteiger partial charge in [-0.05, 0) is 24.3 Å². The van der Waals surface area contributed by atoms with Gasteiger partial charge in [0, 0.05) is 13.0 Å². The maximum Gasteiger partial charge on any atom is 0.314 e. The fourth-order valence-corrected chi connectivity index (χ4v) is 2.07. The second kappa shape index (κ2) is 6.74. The summed E-state index contributed by atoms with van der Waals surface area (Å²) in [5.74, 6) is -1.22. The molecule has 21 heavy (non-hydrogen) atoms. The third kappa shape index (κ3) is 5.21. The van der Waals surface area contributed by atoms with E-state index in [1.54, 1.807) is 31.2 Å². The van der Waals surface area contributed by atoms with Gasteiger partial charge in [0.15, 0.2) is 0 Å². The molecule has 0 aliphatic heterocycles. The van der Waals surface area contributed by atoms with Crippen LogP contribution in [0.2, 0.25) is 0 Å². The molecule has 1 aromatic rings. The zero-order chi connectivity index (χ0) is 16.1. The van der Waals surface area contributed by atoms with Gasteiger partial charge in [0.25, 0.3) is 0 Å². The summed E-state index contributed by atoms with van der Waals surface area (Å²) in [6, 6.07) is 8.89. The van der Waals surface area contributed by atoms with Crippen molar-refractivity contribution in [3.63, 3.8) is 0 Å².